The van der Waals surface area contributed by atoms with Gasteiger partial charge in [0, 0.05) is 23.3 Å². The van der Waals surface area contributed by atoms with E-state index < -0.39 is 0 Å². The van der Waals surface area contributed by atoms with Gasteiger partial charge in [-0.3, -0.25) is 4.98 Å². The zero-order chi connectivity index (χ0) is 16.4. The van der Waals surface area contributed by atoms with Gasteiger partial charge in [0.2, 0.25) is 0 Å². The largest absolute Gasteiger partial charge is 0.490 e. The number of pyridine rings is 1. The van der Waals surface area contributed by atoms with Crippen molar-refractivity contribution < 1.29 is 9.13 Å². The molecule has 122 valence electrons. The Balaban J connectivity index is 1.82. The Morgan fingerprint density at radius 3 is 2.58 bits per heavy atom. The van der Waals surface area contributed by atoms with E-state index in [1.165, 1.54) is 12.1 Å². The summed E-state index contributed by atoms with van der Waals surface area (Å²) in [5, 5.41) is 5.48. The van der Waals surface area contributed by atoms with Crippen LogP contribution in [0.3, 0.4) is 0 Å². The van der Waals surface area contributed by atoms with Crippen molar-refractivity contribution in [3.8, 4) is 16.9 Å². The lowest BCUT2D eigenvalue weighted by Gasteiger charge is -2.25. The van der Waals surface area contributed by atoms with Gasteiger partial charge in [-0.05, 0) is 67.2 Å². The lowest BCUT2D eigenvalue weighted by molar-refractivity contribution is 0.163. The van der Waals surface area contributed by atoms with Crippen molar-refractivity contribution in [1.29, 1.82) is 0 Å². The third-order valence-electron chi connectivity index (χ3n) is 4.49. The Morgan fingerprint density at radius 2 is 1.79 bits per heavy atom. The summed E-state index contributed by atoms with van der Waals surface area (Å²) < 4.78 is 19.7. The molecule has 4 rings (SSSR count). The molecule has 0 saturated carbocycles. The molecule has 0 amide bonds. The number of hydrogen-bond donors (Lipinski definition) is 1. The fourth-order valence-corrected chi connectivity index (χ4v) is 3.25. The summed E-state index contributed by atoms with van der Waals surface area (Å²) in [5.74, 6) is 0.619. The van der Waals surface area contributed by atoms with Gasteiger partial charge in [0.15, 0.2) is 0 Å². The highest BCUT2D eigenvalue weighted by atomic mass is 19.1. The van der Waals surface area contributed by atoms with Gasteiger partial charge in [-0.1, -0.05) is 12.1 Å². The van der Waals surface area contributed by atoms with Crippen LogP contribution in [-0.4, -0.2) is 24.2 Å². The number of fused-ring (bicyclic) bond motifs is 1. The molecule has 0 aliphatic carbocycles. The van der Waals surface area contributed by atoms with E-state index in [2.05, 4.69) is 10.3 Å². The SMILES string of the molecule is Fc1ccc(-c2c(OC3CCNCC3)ccc3cnccc23)cc1. The van der Waals surface area contributed by atoms with Crippen molar-refractivity contribution in [2.45, 2.75) is 18.9 Å². The Hall–Kier alpha value is -2.46. The van der Waals surface area contributed by atoms with Gasteiger partial charge in [-0.2, -0.15) is 0 Å². The van der Waals surface area contributed by atoms with Gasteiger partial charge in [-0.15, -0.1) is 0 Å². The first-order valence-electron chi connectivity index (χ1n) is 8.31. The molecule has 1 fully saturated rings. The van der Waals surface area contributed by atoms with E-state index in [4.69, 9.17) is 4.74 Å². The van der Waals surface area contributed by atoms with Crippen LogP contribution >= 0.6 is 0 Å². The monoisotopic (exact) mass is 322 g/mol. The smallest absolute Gasteiger partial charge is 0.128 e. The number of nitrogens with zero attached hydrogens (tertiary/aromatic N) is 1. The van der Waals surface area contributed by atoms with Crippen molar-refractivity contribution in [3.63, 3.8) is 0 Å². The van der Waals surface area contributed by atoms with Crippen LogP contribution in [0, 0.1) is 5.82 Å². The second-order valence-corrected chi connectivity index (χ2v) is 6.11. The molecule has 4 heteroatoms. The van der Waals surface area contributed by atoms with Gasteiger partial charge in [-0.25, -0.2) is 4.39 Å². The van der Waals surface area contributed by atoms with Gasteiger partial charge in [0.1, 0.15) is 17.7 Å². The maximum absolute atomic E-state index is 13.3. The predicted molar refractivity (Wildman–Crippen MR) is 93.7 cm³/mol. The number of hydrogen-bond acceptors (Lipinski definition) is 3. The zero-order valence-electron chi connectivity index (χ0n) is 13.3. The maximum atomic E-state index is 13.3. The highest BCUT2D eigenvalue weighted by Gasteiger charge is 2.18. The van der Waals surface area contributed by atoms with Crippen molar-refractivity contribution in [1.82, 2.24) is 10.3 Å². The highest BCUT2D eigenvalue weighted by molar-refractivity contribution is 5.99. The fraction of sp³-hybridized carbons (Fsp3) is 0.250. The molecular weight excluding hydrogens is 303 g/mol. The van der Waals surface area contributed by atoms with Crippen molar-refractivity contribution in [2.75, 3.05) is 13.1 Å². The van der Waals surface area contributed by atoms with Crippen LogP contribution in [0.5, 0.6) is 5.75 Å². The van der Waals surface area contributed by atoms with E-state index >= 15 is 0 Å². The van der Waals surface area contributed by atoms with E-state index in [1.54, 1.807) is 18.3 Å². The molecule has 3 aromatic rings. The van der Waals surface area contributed by atoms with Crippen LogP contribution < -0.4 is 10.1 Å². The van der Waals surface area contributed by atoms with Crippen LogP contribution in [0.2, 0.25) is 0 Å². The molecule has 0 spiro atoms. The van der Waals surface area contributed by atoms with E-state index in [1.807, 2.05) is 24.4 Å². The molecule has 2 heterocycles. The van der Waals surface area contributed by atoms with Crippen LogP contribution in [0.1, 0.15) is 12.8 Å². The molecule has 1 aliphatic heterocycles. The molecule has 3 nitrogen and oxygen atoms in total. The molecule has 1 N–H and O–H groups in total. The van der Waals surface area contributed by atoms with Crippen molar-refractivity contribution in [2.24, 2.45) is 0 Å². The Morgan fingerprint density at radius 1 is 1.00 bits per heavy atom. The standard InChI is InChI=1S/C20H19FN2O/c21-16-4-1-14(2-5-16)20-18-9-12-23-13-15(18)3-6-19(20)24-17-7-10-22-11-8-17/h1-6,9,12-13,17,22H,7-8,10-11H2. The average Bonchev–Trinajstić information content (AvgIpc) is 2.63. The molecule has 1 saturated heterocycles. The average molecular weight is 322 g/mol. The first-order chi connectivity index (χ1) is 11.8. The first kappa shape index (κ1) is 15.1. The summed E-state index contributed by atoms with van der Waals surface area (Å²) in [6, 6.07) is 12.6. The van der Waals surface area contributed by atoms with Crippen LogP contribution in [0.4, 0.5) is 4.39 Å². The fourth-order valence-electron chi connectivity index (χ4n) is 3.25. The molecule has 1 aromatic heterocycles. The van der Waals surface area contributed by atoms with Gasteiger partial charge in [0.05, 0.1) is 0 Å². The van der Waals surface area contributed by atoms with Crippen molar-refractivity contribution in [3.05, 3.63) is 60.7 Å². The minimum atomic E-state index is -0.235. The third-order valence-corrected chi connectivity index (χ3v) is 4.49. The molecule has 2 aromatic carbocycles. The Kier molecular flexibility index (Phi) is 4.13. The number of nitrogens with one attached hydrogen (secondary N) is 1. The van der Waals surface area contributed by atoms with E-state index in [0.29, 0.717) is 0 Å². The topological polar surface area (TPSA) is 34.1 Å². The third kappa shape index (κ3) is 2.97. The van der Waals surface area contributed by atoms with Gasteiger partial charge >= 0.3 is 0 Å². The highest BCUT2D eigenvalue weighted by Crippen LogP contribution is 2.37. The predicted octanol–water partition coefficient (Wildman–Crippen LogP) is 4.17. The lowest BCUT2D eigenvalue weighted by Crippen LogP contribution is -2.34. The molecule has 24 heavy (non-hydrogen) atoms. The van der Waals surface area contributed by atoms with Crippen molar-refractivity contribution >= 4 is 10.8 Å². The molecule has 1 aliphatic rings. The van der Waals surface area contributed by atoms with E-state index in [-0.39, 0.29) is 11.9 Å². The number of aromatic nitrogens is 1. The minimum absolute atomic E-state index is 0.213. The maximum Gasteiger partial charge on any atom is 0.128 e. The molecule has 0 radical (unpaired) electrons. The number of halogens is 1. The van der Waals surface area contributed by atoms with E-state index in [0.717, 1.165) is 53.6 Å². The second-order valence-electron chi connectivity index (χ2n) is 6.11. The van der Waals surface area contributed by atoms with Crippen LogP contribution in [0.25, 0.3) is 21.9 Å². The minimum Gasteiger partial charge on any atom is -0.490 e. The molecule has 0 unspecified atom stereocenters. The molecular formula is C20H19FN2O. The number of rotatable bonds is 3. The normalized spacial score (nSPS) is 15.5. The number of ether oxygens (including phenoxy) is 1. The summed E-state index contributed by atoms with van der Waals surface area (Å²) in [7, 11) is 0. The molecule has 0 atom stereocenters. The van der Waals surface area contributed by atoms with Crippen LogP contribution in [0.15, 0.2) is 54.9 Å². The Bertz CT molecular complexity index is 842. The summed E-state index contributed by atoms with van der Waals surface area (Å²) in [6.45, 7) is 1.96. The summed E-state index contributed by atoms with van der Waals surface area (Å²) >= 11 is 0. The van der Waals surface area contributed by atoms with Gasteiger partial charge < -0.3 is 10.1 Å². The first-order valence-corrected chi connectivity index (χ1v) is 8.31. The summed E-state index contributed by atoms with van der Waals surface area (Å²) in [4.78, 5) is 4.20. The zero-order valence-corrected chi connectivity index (χ0v) is 13.3. The van der Waals surface area contributed by atoms with E-state index in [9.17, 15) is 4.39 Å². The lowest BCUT2D eigenvalue weighted by atomic mass is 9.98. The summed E-state index contributed by atoms with van der Waals surface area (Å²) in [6.07, 6.45) is 5.83. The Labute approximate surface area is 140 Å². The quantitative estimate of drug-likeness (QED) is 0.786. The number of benzene rings is 2. The number of piperidine rings is 1. The summed E-state index contributed by atoms with van der Waals surface area (Å²) in [5.41, 5.74) is 1.96. The van der Waals surface area contributed by atoms with Gasteiger partial charge in [0.25, 0.3) is 0 Å². The molecule has 0 bridgehead atoms. The second kappa shape index (κ2) is 6.57. The van der Waals surface area contributed by atoms with Crippen LogP contribution in [-0.2, 0) is 0 Å².